The third-order valence-electron chi connectivity index (χ3n) is 6.10. The van der Waals surface area contributed by atoms with Crippen LogP contribution in [0, 0.1) is 6.92 Å². The lowest BCUT2D eigenvalue weighted by Gasteiger charge is -2.36. The van der Waals surface area contributed by atoms with Gasteiger partial charge in [-0.3, -0.25) is 4.79 Å². The van der Waals surface area contributed by atoms with Gasteiger partial charge in [-0.05, 0) is 43.9 Å². The van der Waals surface area contributed by atoms with E-state index in [2.05, 4.69) is 30.8 Å². The van der Waals surface area contributed by atoms with E-state index in [-0.39, 0.29) is 5.91 Å². The molecule has 0 radical (unpaired) electrons. The van der Waals surface area contributed by atoms with Crippen molar-refractivity contribution in [1.82, 2.24) is 19.9 Å². The van der Waals surface area contributed by atoms with Crippen molar-refractivity contribution in [2.24, 2.45) is 0 Å². The normalized spacial score (nSPS) is 17.6. The molecule has 0 atom stereocenters. The number of fused-ring (bicyclic) bond motifs is 1. The summed E-state index contributed by atoms with van der Waals surface area (Å²) in [5.41, 5.74) is 1.02. The Labute approximate surface area is 180 Å². The highest BCUT2D eigenvalue weighted by Crippen LogP contribution is 2.36. The maximum Gasteiger partial charge on any atom is 0.264 e. The Balaban J connectivity index is 1.40. The van der Waals surface area contributed by atoms with E-state index in [4.69, 9.17) is 0 Å². The van der Waals surface area contributed by atoms with Crippen LogP contribution in [0.2, 0.25) is 0 Å². The number of carbonyl (C=O) groups is 1. The minimum absolute atomic E-state index is 0.154. The lowest BCUT2D eigenvalue weighted by atomic mass is 10.1. The van der Waals surface area contributed by atoms with Crippen LogP contribution in [-0.2, 0) is 0 Å². The summed E-state index contributed by atoms with van der Waals surface area (Å²) in [4.78, 5) is 35.1. The number of amides is 1. The first kappa shape index (κ1) is 19.2. The molecule has 0 aliphatic carbocycles. The molecular formula is C22H26N6OS. The van der Waals surface area contributed by atoms with Gasteiger partial charge in [0.1, 0.15) is 22.8 Å². The molecule has 2 saturated heterocycles. The SMILES string of the molecule is Cc1c(C(=O)N2CCCCC2)sc2ncnc(N3CCN(c4ccccn4)CC3)c12. The van der Waals surface area contributed by atoms with Gasteiger partial charge in [-0.2, -0.15) is 0 Å². The number of thiophene rings is 1. The predicted molar refractivity (Wildman–Crippen MR) is 121 cm³/mol. The lowest BCUT2D eigenvalue weighted by molar-refractivity contribution is 0.0728. The van der Waals surface area contributed by atoms with Crippen LogP contribution >= 0.6 is 11.3 Å². The molecule has 7 nitrogen and oxygen atoms in total. The highest BCUT2D eigenvalue weighted by atomic mass is 32.1. The van der Waals surface area contributed by atoms with Crippen molar-refractivity contribution in [3.63, 3.8) is 0 Å². The molecule has 8 heteroatoms. The van der Waals surface area contributed by atoms with Gasteiger partial charge in [-0.15, -0.1) is 11.3 Å². The first-order valence-electron chi connectivity index (χ1n) is 10.7. The van der Waals surface area contributed by atoms with Crippen molar-refractivity contribution in [2.45, 2.75) is 26.2 Å². The second kappa shape index (κ2) is 8.18. The van der Waals surface area contributed by atoms with Crippen LogP contribution in [0.3, 0.4) is 0 Å². The number of anilines is 2. The summed E-state index contributed by atoms with van der Waals surface area (Å²) in [5.74, 6) is 2.12. The molecule has 2 aliphatic heterocycles. The van der Waals surface area contributed by atoms with Gasteiger partial charge in [0.25, 0.3) is 5.91 Å². The Bertz CT molecular complexity index is 1040. The smallest absolute Gasteiger partial charge is 0.264 e. The van der Waals surface area contributed by atoms with Crippen molar-refractivity contribution < 1.29 is 4.79 Å². The van der Waals surface area contributed by atoms with Gasteiger partial charge in [0, 0.05) is 45.5 Å². The van der Waals surface area contributed by atoms with Crippen molar-refractivity contribution >= 4 is 39.1 Å². The molecule has 3 aromatic rings. The summed E-state index contributed by atoms with van der Waals surface area (Å²) in [7, 11) is 0. The molecule has 0 N–H and O–H groups in total. The molecule has 30 heavy (non-hydrogen) atoms. The number of carbonyl (C=O) groups excluding carboxylic acids is 1. The Kier molecular flexibility index (Phi) is 5.25. The summed E-state index contributed by atoms with van der Waals surface area (Å²) in [6.45, 7) is 7.30. The van der Waals surface area contributed by atoms with E-state index in [9.17, 15) is 4.79 Å². The van der Waals surface area contributed by atoms with E-state index >= 15 is 0 Å². The zero-order valence-electron chi connectivity index (χ0n) is 17.3. The van der Waals surface area contributed by atoms with Gasteiger partial charge >= 0.3 is 0 Å². The van der Waals surface area contributed by atoms with Gasteiger partial charge in [-0.1, -0.05) is 6.07 Å². The zero-order valence-corrected chi connectivity index (χ0v) is 18.1. The van der Waals surface area contributed by atoms with E-state index in [1.165, 1.54) is 17.8 Å². The third kappa shape index (κ3) is 3.49. The molecule has 5 heterocycles. The molecule has 156 valence electrons. The standard InChI is InChI=1S/C22H26N6OS/c1-16-18-20(27-13-11-26(12-14-27)17-7-3-4-8-23-17)24-15-25-21(18)30-19(16)22(29)28-9-5-2-6-10-28/h3-4,7-8,15H,2,5-6,9-14H2,1H3. The van der Waals surface area contributed by atoms with Crippen LogP contribution in [0.25, 0.3) is 10.2 Å². The molecule has 0 unspecified atom stereocenters. The van der Waals surface area contributed by atoms with Crippen molar-refractivity contribution in [3.05, 3.63) is 41.2 Å². The van der Waals surface area contributed by atoms with E-state index in [0.717, 1.165) is 84.4 Å². The lowest BCUT2D eigenvalue weighted by Crippen LogP contribution is -2.47. The second-order valence-corrected chi connectivity index (χ2v) is 8.95. The van der Waals surface area contributed by atoms with Crippen LogP contribution in [-0.4, -0.2) is 65.0 Å². The number of pyridine rings is 1. The van der Waals surface area contributed by atoms with Crippen LogP contribution in [0.5, 0.6) is 0 Å². The monoisotopic (exact) mass is 422 g/mol. The maximum absolute atomic E-state index is 13.1. The van der Waals surface area contributed by atoms with Gasteiger partial charge in [0.05, 0.1) is 10.3 Å². The molecule has 0 saturated carbocycles. The molecule has 0 aromatic carbocycles. The predicted octanol–water partition coefficient (Wildman–Crippen LogP) is 3.35. The molecule has 5 rings (SSSR count). The number of aryl methyl sites for hydroxylation is 1. The quantitative estimate of drug-likeness (QED) is 0.645. The fraction of sp³-hybridized carbons (Fsp3) is 0.455. The topological polar surface area (TPSA) is 65.5 Å². The van der Waals surface area contributed by atoms with Crippen molar-refractivity contribution in [2.75, 3.05) is 49.1 Å². The average molecular weight is 423 g/mol. The largest absolute Gasteiger partial charge is 0.353 e. The number of rotatable bonds is 3. The summed E-state index contributed by atoms with van der Waals surface area (Å²) in [5, 5.41) is 1.04. The molecule has 0 bridgehead atoms. The molecule has 2 aliphatic rings. The maximum atomic E-state index is 13.1. The van der Waals surface area contributed by atoms with Gasteiger partial charge < -0.3 is 14.7 Å². The van der Waals surface area contributed by atoms with Crippen LogP contribution in [0.1, 0.15) is 34.5 Å². The Morgan fingerprint density at radius 3 is 2.43 bits per heavy atom. The molecule has 3 aromatic heterocycles. The van der Waals surface area contributed by atoms with Crippen LogP contribution < -0.4 is 9.80 Å². The van der Waals surface area contributed by atoms with Gasteiger partial charge in [0.2, 0.25) is 0 Å². The van der Waals surface area contributed by atoms with E-state index in [0.29, 0.717) is 0 Å². The first-order valence-corrected chi connectivity index (χ1v) is 11.5. The highest BCUT2D eigenvalue weighted by molar-refractivity contribution is 7.20. The zero-order chi connectivity index (χ0) is 20.5. The molecule has 0 spiro atoms. The summed E-state index contributed by atoms with van der Waals surface area (Å²) in [6.07, 6.45) is 6.89. The Morgan fingerprint density at radius 1 is 0.933 bits per heavy atom. The van der Waals surface area contributed by atoms with Crippen molar-refractivity contribution in [3.8, 4) is 0 Å². The third-order valence-corrected chi connectivity index (χ3v) is 7.28. The fourth-order valence-electron chi connectivity index (χ4n) is 4.43. The Morgan fingerprint density at radius 2 is 1.70 bits per heavy atom. The van der Waals surface area contributed by atoms with Crippen LogP contribution in [0.4, 0.5) is 11.6 Å². The number of piperidine rings is 1. The molecule has 1 amide bonds. The Hall–Kier alpha value is -2.74. The van der Waals surface area contributed by atoms with E-state index < -0.39 is 0 Å². The van der Waals surface area contributed by atoms with Gasteiger partial charge in [0.15, 0.2) is 0 Å². The van der Waals surface area contributed by atoms with E-state index in [1.807, 2.05) is 30.2 Å². The number of nitrogens with zero attached hydrogens (tertiary/aromatic N) is 6. The molecular weight excluding hydrogens is 396 g/mol. The summed E-state index contributed by atoms with van der Waals surface area (Å²) >= 11 is 1.51. The second-order valence-electron chi connectivity index (χ2n) is 7.95. The molecule has 2 fully saturated rings. The fourth-order valence-corrected chi connectivity index (χ4v) is 5.54. The average Bonchev–Trinajstić information content (AvgIpc) is 3.16. The number of piperazine rings is 1. The number of hydrogen-bond acceptors (Lipinski definition) is 7. The highest BCUT2D eigenvalue weighted by Gasteiger charge is 2.27. The minimum Gasteiger partial charge on any atom is -0.353 e. The number of aromatic nitrogens is 3. The summed E-state index contributed by atoms with van der Waals surface area (Å²) in [6, 6.07) is 6.03. The van der Waals surface area contributed by atoms with Crippen LogP contribution in [0.15, 0.2) is 30.7 Å². The van der Waals surface area contributed by atoms with E-state index in [1.54, 1.807) is 6.33 Å². The van der Waals surface area contributed by atoms with Crippen molar-refractivity contribution in [1.29, 1.82) is 0 Å². The summed E-state index contributed by atoms with van der Waals surface area (Å²) < 4.78 is 0. The van der Waals surface area contributed by atoms with Gasteiger partial charge in [-0.25, -0.2) is 15.0 Å². The first-order chi connectivity index (χ1) is 14.7. The number of hydrogen-bond donors (Lipinski definition) is 0. The minimum atomic E-state index is 0.154. The number of likely N-dealkylation sites (tertiary alicyclic amines) is 1.